The lowest BCUT2D eigenvalue weighted by atomic mass is 9.94. The van der Waals surface area contributed by atoms with Gasteiger partial charge in [-0.25, -0.2) is 0 Å². The molecule has 0 bridgehead atoms. The van der Waals surface area contributed by atoms with Gasteiger partial charge in [0, 0.05) is 19.4 Å². The molecule has 0 radical (unpaired) electrons. The van der Waals surface area contributed by atoms with Gasteiger partial charge >= 0.3 is 0 Å². The van der Waals surface area contributed by atoms with Gasteiger partial charge in [0.25, 0.3) is 5.91 Å². The second-order valence-electron chi connectivity index (χ2n) is 6.06. The number of nitrogens with one attached hydrogen (secondary N) is 1. The molecule has 1 aliphatic heterocycles. The Balaban J connectivity index is 1.52. The summed E-state index contributed by atoms with van der Waals surface area (Å²) < 4.78 is 17.3. The highest BCUT2D eigenvalue weighted by Gasteiger charge is 2.42. The molecular formula is C16H23NO4. The summed E-state index contributed by atoms with van der Waals surface area (Å²) in [5, 5.41) is 2.91. The van der Waals surface area contributed by atoms with Crippen LogP contribution >= 0.6 is 0 Å². The normalized spacial score (nSPS) is 24.4. The zero-order chi connectivity index (χ0) is 14.9. The molecule has 1 amide bonds. The summed E-state index contributed by atoms with van der Waals surface area (Å²) in [6, 6.07) is 1.76. The molecule has 5 heteroatoms. The van der Waals surface area contributed by atoms with Gasteiger partial charge in [-0.05, 0) is 32.8 Å². The minimum Gasteiger partial charge on any atom is -0.466 e. The fourth-order valence-electron chi connectivity index (χ4n) is 3.23. The maximum absolute atomic E-state index is 12.1. The van der Waals surface area contributed by atoms with Gasteiger partial charge in [0.1, 0.15) is 17.6 Å². The van der Waals surface area contributed by atoms with E-state index in [9.17, 15) is 4.79 Å². The molecule has 1 N–H and O–H groups in total. The Morgan fingerprint density at radius 3 is 2.76 bits per heavy atom. The predicted octanol–water partition coefficient (Wildman–Crippen LogP) is 2.70. The molecule has 116 valence electrons. The molecule has 2 heterocycles. The van der Waals surface area contributed by atoms with Crippen molar-refractivity contribution in [3.8, 4) is 0 Å². The van der Waals surface area contributed by atoms with Crippen LogP contribution in [0.25, 0.3) is 0 Å². The highest BCUT2D eigenvalue weighted by Crippen LogP contribution is 2.37. The molecule has 1 atom stereocenters. The third-order valence-electron chi connectivity index (χ3n) is 4.30. The Morgan fingerprint density at radius 1 is 1.33 bits per heavy atom. The maximum atomic E-state index is 12.1. The van der Waals surface area contributed by atoms with Crippen molar-refractivity contribution in [2.45, 2.75) is 57.8 Å². The Bertz CT molecular complexity index is 516. The van der Waals surface area contributed by atoms with E-state index in [0.717, 1.165) is 31.4 Å². The number of carbonyl (C=O) groups is 1. The van der Waals surface area contributed by atoms with Crippen LogP contribution in [0.5, 0.6) is 0 Å². The van der Waals surface area contributed by atoms with Crippen molar-refractivity contribution in [2.24, 2.45) is 0 Å². The van der Waals surface area contributed by atoms with E-state index in [1.54, 1.807) is 13.0 Å². The van der Waals surface area contributed by atoms with Crippen LogP contribution in [0.2, 0.25) is 0 Å². The molecule has 1 saturated carbocycles. The fraction of sp³-hybridized carbons (Fsp3) is 0.688. The molecule has 3 rings (SSSR count). The van der Waals surface area contributed by atoms with Crippen LogP contribution < -0.4 is 5.32 Å². The second kappa shape index (κ2) is 5.81. The van der Waals surface area contributed by atoms with E-state index in [1.165, 1.54) is 6.42 Å². The molecule has 1 saturated heterocycles. The minimum atomic E-state index is -0.379. The molecule has 2 aliphatic rings. The van der Waals surface area contributed by atoms with Gasteiger partial charge in [-0.1, -0.05) is 6.42 Å². The summed E-state index contributed by atoms with van der Waals surface area (Å²) in [5.41, 5.74) is 0.596. The first-order chi connectivity index (χ1) is 10.1. The van der Waals surface area contributed by atoms with Gasteiger partial charge in [0.05, 0.1) is 12.2 Å². The Kier molecular flexibility index (Phi) is 4.04. The van der Waals surface area contributed by atoms with Crippen molar-refractivity contribution in [1.29, 1.82) is 0 Å². The van der Waals surface area contributed by atoms with E-state index in [1.807, 2.05) is 6.92 Å². The van der Waals surface area contributed by atoms with E-state index in [0.29, 0.717) is 24.5 Å². The summed E-state index contributed by atoms with van der Waals surface area (Å²) in [6.45, 7) is 4.67. The van der Waals surface area contributed by atoms with Crippen LogP contribution in [0.4, 0.5) is 0 Å². The standard InChI is InChI=1S/C16H23NO4/c1-11-8-14(12(2)20-11)15(18)17-9-13-10-19-16(21-13)6-4-3-5-7-16/h8,13H,3-7,9-10H2,1-2H3,(H,17,18)/t13-/m0/s1. The Morgan fingerprint density at radius 2 is 2.10 bits per heavy atom. The van der Waals surface area contributed by atoms with E-state index >= 15 is 0 Å². The third kappa shape index (κ3) is 3.14. The zero-order valence-electron chi connectivity index (χ0n) is 12.7. The number of ether oxygens (including phenoxy) is 2. The van der Waals surface area contributed by atoms with Crippen molar-refractivity contribution in [3.63, 3.8) is 0 Å². The molecule has 21 heavy (non-hydrogen) atoms. The van der Waals surface area contributed by atoms with Crippen LogP contribution in [0, 0.1) is 13.8 Å². The predicted molar refractivity (Wildman–Crippen MR) is 77.2 cm³/mol. The zero-order valence-corrected chi connectivity index (χ0v) is 12.7. The highest BCUT2D eigenvalue weighted by atomic mass is 16.7. The van der Waals surface area contributed by atoms with Crippen LogP contribution in [0.3, 0.4) is 0 Å². The Hall–Kier alpha value is -1.33. The molecule has 2 fully saturated rings. The van der Waals surface area contributed by atoms with Crippen molar-refractivity contribution >= 4 is 5.91 Å². The largest absolute Gasteiger partial charge is 0.466 e. The number of rotatable bonds is 3. The average molecular weight is 293 g/mol. The van der Waals surface area contributed by atoms with E-state index < -0.39 is 0 Å². The lowest BCUT2D eigenvalue weighted by Crippen LogP contribution is -2.37. The summed E-state index contributed by atoms with van der Waals surface area (Å²) in [5.74, 6) is 0.907. The minimum absolute atomic E-state index is 0.0552. The van der Waals surface area contributed by atoms with Gasteiger partial charge < -0.3 is 19.2 Å². The number of hydrogen-bond donors (Lipinski definition) is 1. The second-order valence-corrected chi connectivity index (χ2v) is 6.06. The fourth-order valence-corrected chi connectivity index (χ4v) is 3.23. The van der Waals surface area contributed by atoms with Crippen LogP contribution in [-0.4, -0.2) is 30.9 Å². The van der Waals surface area contributed by atoms with Crippen molar-refractivity contribution < 1.29 is 18.7 Å². The van der Waals surface area contributed by atoms with Gasteiger partial charge in [-0.3, -0.25) is 4.79 Å². The van der Waals surface area contributed by atoms with Crippen LogP contribution in [-0.2, 0) is 9.47 Å². The van der Waals surface area contributed by atoms with Crippen LogP contribution in [0.1, 0.15) is 54.0 Å². The quantitative estimate of drug-likeness (QED) is 0.931. The molecule has 0 aromatic carbocycles. The molecule has 5 nitrogen and oxygen atoms in total. The maximum Gasteiger partial charge on any atom is 0.254 e. The Labute approximate surface area is 125 Å². The summed E-state index contributed by atoms with van der Waals surface area (Å²) in [4.78, 5) is 12.1. The molecule has 1 aromatic heterocycles. The first kappa shape index (κ1) is 14.6. The molecular weight excluding hydrogens is 270 g/mol. The summed E-state index contributed by atoms with van der Waals surface area (Å²) >= 11 is 0. The first-order valence-corrected chi connectivity index (χ1v) is 7.75. The summed E-state index contributed by atoms with van der Waals surface area (Å²) in [7, 11) is 0. The number of carbonyl (C=O) groups excluding carboxylic acids is 1. The SMILES string of the molecule is Cc1cc(C(=O)NC[C@H]2COC3(CCCCC3)O2)c(C)o1. The topological polar surface area (TPSA) is 60.7 Å². The molecule has 1 aromatic rings. The van der Waals surface area contributed by atoms with E-state index in [-0.39, 0.29) is 17.8 Å². The molecule has 0 unspecified atom stereocenters. The smallest absolute Gasteiger partial charge is 0.254 e. The van der Waals surface area contributed by atoms with Gasteiger partial charge in [-0.2, -0.15) is 0 Å². The monoisotopic (exact) mass is 293 g/mol. The number of amides is 1. The van der Waals surface area contributed by atoms with Crippen molar-refractivity contribution in [2.75, 3.05) is 13.2 Å². The van der Waals surface area contributed by atoms with Gasteiger partial charge in [-0.15, -0.1) is 0 Å². The first-order valence-electron chi connectivity index (χ1n) is 7.75. The lowest BCUT2D eigenvalue weighted by molar-refractivity contribution is -0.186. The van der Waals surface area contributed by atoms with Crippen LogP contribution in [0.15, 0.2) is 10.5 Å². The van der Waals surface area contributed by atoms with Crippen molar-refractivity contribution in [1.82, 2.24) is 5.32 Å². The molecule has 1 aliphatic carbocycles. The highest BCUT2D eigenvalue weighted by molar-refractivity contribution is 5.95. The molecule has 1 spiro atoms. The lowest BCUT2D eigenvalue weighted by Gasteiger charge is -2.31. The summed E-state index contributed by atoms with van der Waals surface area (Å²) in [6.07, 6.45) is 5.46. The number of furan rings is 1. The number of aryl methyl sites for hydroxylation is 2. The van der Waals surface area contributed by atoms with Gasteiger partial charge in [0.2, 0.25) is 0 Å². The van der Waals surface area contributed by atoms with Crippen molar-refractivity contribution in [3.05, 3.63) is 23.2 Å². The third-order valence-corrected chi connectivity index (χ3v) is 4.30. The van der Waals surface area contributed by atoms with Gasteiger partial charge in [0.15, 0.2) is 5.79 Å². The average Bonchev–Trinajstić information content (AvgIpc) is 3.01. The number of hydrogen-bond acceptors (Lipinski definition) is 4. The van der Waals surface area contributed by atoms with E-state index in [4.69, 9.17) is 13.9 Å². The van der Waals surface area contributed by atoms with E-state index in [2.05, 4.69) is 5.32 Å².